The van der Waals surface area contributed by atoms with Gasteiger partial charge < -0.3 is 20.3 Å². The Morgan fingerprint density at radius 1 is 1.23 bits per heavy atom. The van der Waals surface area contributed by atoms with E-state index in [2.05, 4.69) is 10.6 Å². The molecule has 8 heteroatoms. The van der Waals surface area contributed by atoms with Crippen LogP contribution >= 0.6 is 11.3 Å². The average Bonchev–Trinajstić information content (AvgIpc) is 3.11. The maximum Gasteiger partial charge on any atom is 0.408 e. The van der Waals surface area contributed by atoms with Gasteiger partial charge in [-0.3, -0.25) is 9.59 Å². The topological polar surface area (TPSA) is 87.7 Å². The van der Waals surface area contributed by atoms with Crippen molar-refractivity contribution in [2.24, 2.45) is 5.92 Å². The van der Waals surface area contributed by atoms with Crippen LogP contribution in [0.2, 0.25) is 0 Å². The molecule has 2 N–H and O–H groups in total. The molecule has 0 aromatic carbocycles. The Labute approximate surface area is 158 Å². The molecule has 1 aromatic heterocycles. The second-order valence-corrected chi connectivity index (χ2v) is 8.32. The molecule has 1 aromatic rings. The van der Waals surface area contributed by atoms with E-state index < -0.39 is 11.7 Å². The highest BCUT2D eigenvalue weighted by molar-refractivity contribution is 7.12. The van der Waals surface area contributed by atoms with Crippen molar-refractivity contribution in [3.8, 4) is 0 Å². The largest absolute Gasteiger partial charge is 0.444 e. The van der Waals surface area contributed by atoms with Crippen molar-refractivity contribution in [2.45, 2.75) is 39.2 Å². The zero-order chi connectivity index (χ0) is 19.2. The number of thiophene rings is 1. The molecule has 7 nitrogen and oxygen atoms in total. The number of nitrogens with one attached hydrogen (secondary N) is 2. The third-order valence-electron chi connectivity index (χ3n) is 4.01. The molecule has 26 heavy (non-hydrogen) atoms. The van der Waals surface area contributed by atoms with E-state index in [0.717, 1.165) is 17.7 Å². The van der Waals surface area contributed by atoms with Gasteiger partial charge in [0.1, 0.15) is 5.60 Å². The van der Waals surface area contributed by atoms with Crippen LogP contribution < -0.4 is 10.6 Å². The van der Waals surface area contributed by atoms with Gasteiger partial charge in [0.15, 0.2) is 0 Å². The zero-order valence-electron chi connectivity index (χ0n) is 15.5. The minimum atomic E-state index is -0.604. The standard InChI is InChI=1S/C18H27N3O4S/c1-18(2,3)25-17(24)20-12-15(22)19-11-13-6-8-21(9-7-13)16(23)14-5-4-10-26-14/h4-5,10,13H,6-9,11-12H2,1-3H3,(H,19,22)(H,20,24). The molecule has 2 rings (SSSR count). The van der Waals surface area contributed by atoms with Gasteiger partial charge in [0.2, 0.25) is 5.91 Å². The predicted molar refractivity (Wildman–Crippen MR) is 100 cm³/mol. The second-order valence-electron chi connectivity index (χ2n) is 7.37. The van der Waals surface area contributed by atoms with Crippen molar-refractivity contribution in [2.75, 3.05) is 26.2 Å². The van der Waals surface area contributed by atoms with Crippen LogP contribution in [0.1, 0.15) is 43.3 Å². The molecular formula is C18H27N3O4S. The number of rotatable bonds is 5. The van der Waals surface area contributed by atoms with Crippen LogP contribution in [-0.2, 0) is 9.53 Å². The highest BCUT2D eigenvalue weighted by Crippen LogP contribution is 2.20. The summed E-state index contributed by atoms with van der Waals surface area (Å²) in [7, 11) is 0. The number of hydrogen-bond acceptors (Lipinski definition) is 5. The quantitative estimate of drug-likeness (QED) is 0.819. The van der Waals surface area contributed by atoms with Crippen LogP contribution in [0.4, 0.5) is 4.79 Å². The first-order chi connectivity index (χ1) is 12.2. The van der Waals surface area contributed by atoms with Crippen LogP contribution in [0.3, 0.4) is 0 Å². The first-order valence-corrected chi connectivity index (χ1v) is 9.69. The summed E-state index contributed by atoms with van der Waals surface area (Å²) >= 11 is 1.46. The maximum atomic E-state index is 12.3. The number of hydrogen-bond donors (Lipinski definition) is 2. The summed E-state index contributed by atoms with van der Waals surface area (Å²) in [5.74, 6) is 0.185. The number of likely N-dealkylation sites (tertiary alicyclic amines) is 1. The monoisotopic (exact) mass is 381 g/mol. The molecule has 2 heterocycles. The van der Waals surface area contributed by atoms with Gasteiger partial charge >= 0.3 is 6.09 Å². The number of amides is 3. The average molecular weight is 381 g/mol. The minimum absolute atomic E-state index is 0.0871. The van der Waals surface area contributed by atoms with Crippen molar-refractivity contribution >= 4 is 29.2 Å². The number of ether oxygens (including phenoxy) is 1. The highest BCUT2D eigenvalue weighted by Gasteiger charge is 2.24. The predicted octanol–water partition coefficient (Wildman–Crippen LogP) is 2.24. The molecule has 0 unspecified atom stereocenters. The molecule has 3 amide bonds. The minimum Gasteiger partial charge on any atom is -0.444 e. The van der Waals surface area contributed by atoms with Crippen molar-refractivity contribution in [1.82, 2.24) is 15.5 Å². The van der Waals surface area contributed by atoms with Gasteiger partial charge in [-0.25, -0.2) is 4.79 Å². The molecule has 0 saturated carbocycles. The summed E-state index contributed by atoms with van der Waals surface area (Å²) in [5.41, 5.74) is -0.588. The third-order valence-corrected chi connectivity index (χ3v) is 4.87. The van der Waals surface area contributed by atoms with E-state index in [0.29, 0.717) is 25.6 Å². The molecular weight excluding hydrogens is 354 g/mol. The fourth-order valence-electron chi connectivity index (χ4n) is 2.68. The van der Waals surface area contributed by atoms with E-state index in [1.807, 2.05) is 22.4 Å². The third kappa shape index (κ3) is 6.67. The lowest BCUT2D eigenvalue weighted by molar-refractivity contribution is -0.120. The molecule has 0 spiro atoms. The Morgan fingerprint density at radius 2 is 1.92 bits per heavy atom. The molecule has 1 aliphatic heterocycles. The van der Waals surface area contributed by atoms with E-state index in [-0.39, 0.29) is 18.4 Å². The second kappa shape index (κ2) is 9.02. The Bertz CT molecular complexity index is 617. The summed E-state index contributed by atoms with van der Waals surface area (Å²) in [5, 5.41) is 7.17. The SMILES string of the molecule is CC(C)(C)OC(=O)NCC(=O)NCC1CCN(C(=O)c2cccs2)CC1. The molecule has 1 aliphatic rings. The molecule has 1 fully saturated rings. The lowest BCUT2D eigenvalue weighted by Crippen LogP contribution is -2.43. The zero-order valence-corrected chi connectivity index (χ0v) is 16.4. The summed E-state index contributed by atoms with van der Waals surface area (Å²) in [4.78, 5) is 38.3. The van der Waals surface area contributed by atoms with Gasteiger partial charge in [-0.15, -0.1) is 11.3 Å². The van der Waals surface area contributed by atoms with Crippen LogP contribution in [0.15, 0.2) is 17.5 Å². The molecule has 0 bridgehead atoms. The number of alkyl carbamates (subject to hydrolysis) is 1. The number of carbonyl (C=O) groups is 3. The van der Waals surface area contributed by atoms with E-state index in [4.69, 9.17) is 4.74 Å². The number of nitrogens with zero attached hydrogens (tertiary/aromatic N) is 1. The van der Waals surface area contributed by atoms with Crippen LogP contribution in [0, 0.1) is 5.92 Å². The molecule has 0 aliphatic carbocycles. The number of piperidine rings is 1. The molecule has 1 saturated heterocycles. The first kappa shape index (κ1) is 20.2. The summed E-state index contributed by atoms with van der Waals surface area (Å²) in [6.07, 6.45) is 1.11. The van der Waals surface area contributed by atoms with Gasteiger partial charge in [-0.1, -0.05) is 6.07 Å². The van der Waals surface area contributed by atoms with Crippen molar-refractivity contribution in [3.05, 3.63) is 22.4 Å². The fraction of sp³-hybridized carbons (Fsp3) is 0.611. The van der Waals surface area contributed by atoms with E-state index in [1.165, 1.54) is 11.3 Å². The molecule has 0 radical (unpaired) electrons. The Kier molecular flexibility index (Phi) is 7.02. The van der Waals surface area contributed by atoms with Crippen LogP contribution in [0.5, 0.6) is 0 Å². The lowest BCUT2D eigenvalue weighted by atomic mass is 9.96. The number of carbonyl (C=O) groups excluding carboxylic acids is 3. The Morgan fingerprint density at radius 3 is 2.50 bits per heavy atom. The van der Waals surface area contributed by atoms with Gasteiger partial charge in [0.05, 0.1) is 11.4 Å². The van der Waals surface area contributed by atoms with Crippen LogP contribution in [0.25, 0.3) is 0 Å². The van der Waals surface area contributed by atoms with Crippen molar-refractivity contribution in [3.63, 3.8) is 0 Å². The van der Waals surface area contributed by atoms with Gasteiger partial charge in [0.25, 0.3) is 5.91 Å². The van der Waals surface area contributed by atoms with Gasteiger partial charge in [0, 0.05) is 19.6 Å². The Balaban J connectivity index is 1.63. The Hall–Kier alpha value is -2.09. The fourth-order valence-corrected chi connectivity index (χ4v) is 3.37. The van der Waals surface area contributed by atoms with E-state index in [9.17, 15) is 14.4 Å². The summed E-state index contributed by atoms with van der Waals surface area (Å²) in [6, 6.07) is 3.72. The molecule has 144 valence electrons. The van der Waals surface area contributed by atoms with Crippen molar-refractivity contribution in [1.29, 1.82) is 0 Å². The maximum absolute atomic E-state index is 12.3. The smallest absolute Gasteiger partial charge is 0.408 e. The van der Waals surface area contributed by atoms with Crippen LogP contribution in [-0.4, -0.2) is 54.6 Å². The first-order valence-electron chi connectivity index (χ1n) is 8.81. The highest BCUT2D eigenvalue weighted by atomic mass is 32.1. The lowest BCUT2D eigenvalue weighted by Gasteiger charge is -2.31. The van der Waals surface area contributed by atoms with Crippen molar-refractivity contribution < 1.29 is 19.1 Å². The summed E-state index contributed by atoms with van der Waals surface area (Å²) in [6.45, 7) is 7.15. The van der Waals surface area contributed by atoms with Gasteiger partial charge in [-0.2, -0.15) is 0 Å². The molecule has 0 atom stereocenters. The summed E-state index contributed by atoms with van der Waals surface area (Å²) < 4.78 is 5.08. The van der Waals surface area contributed by atoms with E-state index >= 15 is 0 Å². The normalized spacial score (nSPS) is 15.4. The van der Waals surface area contributed by atoms with E-state index in [1.54, 1.807) is 20.8 Å². The van der Waals surface area contributed by atoms with Gasteiger partial charge in [-0.05, 0) is 51.0 Å².